The van der Waals surface area contributed by atoms with E-state index in [1.165, 1.54) is 25.6 Å². The Morgan fingerprint density at radius 3 is 2.50 bits per heavy atom. The Labute approximate surface area is 180 Å². The Kier molecular flexibility index (Phi) is 6.33. The lowest BCUT2D eigenvalue weighted by Crippen LogP contribution is -2.24. The molecule has 0 saturated heterocycles. The van der Waals surface area contributed by atoms with Crippen LogP contribution in [0.1, 0.15) is 18.4 Å². The molecule has 32 heavy (non-hydrogen) atoms. The average Bonchev–Trinajstić information content (AvgIpc) is 3.33. The number of carbonyl (C=O) groups is 2. The molecule has 9 nitrogen and oxygen atoms in total. The fourth-order valence-electron chi connectivity index (χ4n) is 3.85. The molecule has 3 rings (SSSR count). The van der Waals surface area contributed by atoms with Gasteiger partial charge in [-0.3, -0.25) is 14.3 Å². The van der Waals surface area contributed by atoms with E-state index in [0.717, 1.165) is 10.7 Å². The van der Waals surface area contributed by atoms with Gasteiger partial charge in [0, 0.05) is 18.9 Å². The maximum atomic E-state index is 13.8. The fraction of sp³-hybridized carbons (Fsp3) is 0.421. The number of halogens is 3. The Morgan fingerprint density at radius 1 is 1.28 bits per heavy atom. The zero-order valence-corrected chi connectivity index (χ0v) is 17.6. The van der Waals surface area contributed by atoms with Crippen LogP contribution >= 0.6 is 0 Å². The molecule has 1 aromatic carbocycles. The standard InChI is InChI=1S/C19H20F3N3O6S/c1-31-15-6-12(5-13(15)18(27)28)32(29,30)16-3-2-10(4-14(16)19(20,21)22)11-7-24-25(8-11)9-17(23)26/h2-4,7-8,12-13,15H,5-6,9H2,1H3,(H2,23,26)(H,27,28)/t12-,13-,15-/m0/s1. The second-order valence-corrected chi connectivity index (χ2v) is 9.66. The van der Waals surface area contributed by atoms with Gasteiger partial charge in [0.2, 0.25) is 5.91 Å². The number of sulfone groups is 1. The van der Waals surface area contributed by atoms with Crippen molar-refractivity contribution < 1.29 is 41.0 Å². The summed E-state index contributed by atoms with van der Waals surface area (Å²) in [4.78, 5) is 21.4. The number of carbonyl (C=O) groups excluding carboxylic acids is 1. The molecule has 0 spiro atoms. The van der Waals surface area contributed by atoms with Crippen LogP contribution in [-0.2, 0) is 36.9 Å². The molecule has 1 saturated carbocycles. The lowest BCUT2D eigenvalue weighted by Gasteiger charge is -2.18. The van der Waals surface area contributed by atoms with Crippen LogP contribution in [-0.4, -0.2) is 53.6 Å². The highest BCUT2D eigenvalue weighted by atomic mass is 32.2. The van der Waals surface area contributed by atoms with E-state index in [2.05, 4.69) is 5.10 Å². The number of nitrogens with two attached hydrogens (primary N) is 1. The highest BCUT2D eigenvalue weighted by molar-refractivity contribution is 7.92. The van der Waals surface area contributed by atoms with Crippen LogP contribution in [0, 0.1) is 5.92 Å². The second-order valence-electron chi connectivity index (χ2n) is 7.46. The largest absolute Gasteiger partial charge is 0.481 e. The lowest BCUT2D eigenvalue weighted by molar-refractivity contribution is -0.145. The third kappa shape index (κ3) is 4.63. The van der Waals surface area contributed by atoms with Gasteiger partial charge in [-0.1, -0.05) is 6.07 Å². The number of benzene rings is 1. The van der Waals surface area contributed by atoms with Gasteiger partial charge >= 0.3 is 12.1 Å². The van der Waals surface area contributed by atoms with Crippen molar-refractivity contribution in [3.05, 3.63) is 36.2 Å². The quantitative estimate of drug-likeness (QED) is 0.621. The van der Waals surface area contributed by atoms with Crippen molar-refractivity contribution >= 4 is 21.7 Å². The van der Waals surface area contributed by atoms with E-state index < -0.39 is 55.6 Å². The Hall–Kier alpha value is -2.93. The van der Waals surface area contributed by atoms with E-state index in [0.29, 0.717) is 6.07 Å². The molecule has 3 atom stereocenters. The number of rotatable bonds is 7. The molecule has 0 bridgehead atoms. The van der Waals surface area contributed by atoms with E-state index >= 15 is 0 Å². The highest BCUT2D eigenvalue weighted by Crippen LogP contribution is 2.42. The van der Waals surface area contributed by atoms with Gasteiger partial charge in [-0.05, 0) is 30.5 Å². The number of primary amides is 1. The first kappa shape index (κ1) is 23.7. The van der Waals surface area contributed by atoms with Crippen molar-refractivity contribution in [2.24, 2.45) is 11.7 Å². The molecule has 1 amide bonds. The van der Waals surface area contributed by atoms with Gasteiger partial charge in [0.1, 0.15) is 6.54 Å². The van der Waals surface area contributed by atoms with Gasteiger partial charge in [0.05, 0.1) is 33.9 Å². The van der Waals surface area contributed by atoms with Crippen molar-refractivity contribution in [3.8, 4) is 11.1 Å². The molecular formula is C19H20F3N3O6S. The average molecular weight is 475 g/mol. The van der Waals surface area contributed by atoms with Gasteiger partial charge in [-0.2, -0.15) is 18.3 Å². The summed E-state index contributed by atoms with van der Waals surface area (Å²) in [6.07, 6.45) is -3.95. The maximum Gasteiger partial charge on any atom is 0.417 e. The van der Waals surface area contributed by atoms with Crippen LogP contribution in [0.2, 0.25) is 0 Å². The van der Waals surface area contributed by atoms with Gasteiger partial charge in [-0.25, -0.2) is 8.42 Å². The number of hydrogen-bond acceptors (Lipinski definition) is 6. The van der Waals surface area contributed by atoms with Gasteiger partial charge < -0.3 is 15.6 Å². The van der Waals surface area contributed by atoms with Crippen LogP contribution in [0.5, 0.6) is 0 Å². The number of alkyl halides is 3. The summed E-state index contributed by atoms with van der Waals surface area (Å²) in [5.74, 6) is -3.10. The molecule has 1 fully saturated rings. The summed E-state index contributed by atoms with van der Waals surface area (Å²) in [5, 5.41) is 11.8. The molecule has 174 valence electrons. The van der Waals surface area contributed by atoms with Crippen molar-refractivity contribution in [3.63, 3.8) is 0 Å². The summed E-state index contributed by atoms with van der Waals surface area (Å²) in [5.41, 5.74) is 3.97. The number of carboxylic acids is 1. The minimum Gasteiger partial charge on any atom is -0.481 e. The van der Waals surface area contributed by atoms with Crippen LogP contribution in [0.3, 0.4) is 0 Å². The summed E-state index contributed by atoms with van der Waals surface area (Å²) in [6.45, 7) is -0.272. The van der Waals surface area contributed by atoms with Crippen molar-refractivity contribution in [1.29, 1.82) is 0 Å². The third-order valence-corrected chi connectivity index (χ3v) is 7.63. The summed E-state index contributed by atoms with van der Waals surface area (Å²) in [7, 11) is -3.29. The third-order valence-electron chi connectivity index (χ3n) is 5.40. The zero-order chi connectivity index (χ0) is 23.8. The molecule has 1 aromatic heterocycles. The fourth-order valence-corrected chi connectivity index (χ4v) is 5.85. The van der Waals surface area contributed by atoms with E-state index in [1.54, 1.807) is 0 Å². The molecule has 1 heterocycles. The van der Waals surface area contributed by atoms with E-state index in [4.69, 9.17) is 10.5 Å². The second kappa shape index (κ2) is 8.54. The first-order valence-electron chi connectivity index (χ1n) is 9.36. The smallest absolute Gasteiger partial charge is 0.417 e. The van der Waals surface area contributed by atoms with Crippen molar-refractivity contribution in [2.75, 3.05) is 7.11 Å². The van der Waals surface area contributed by atoms with Gasteiger partial charge in [0.25, 0.3) is 0 Å². The normalized spacial score (nSPS) is 21.6. The van der Waals surface area contributed by atoms with Crippen LogP contribution in [0.15, 0.2) is 35.5 Å². The molecule has 0 aliphatic heterocycles. The maximum absolute atomic E-state index is 13.8. The number of amides is 1. The first-order chi connectivity index (χ1) is 14.8. The molecule has 13 heteroatoms. The number of aromatic nitrogens is 2. The Bertz CT molecular complexity index is 1150. The zero-order valence-electron chi connectivity index (χ0n) is 16.7. The van der Waals surface area contributed by atoms with Gasteiger partial charge in [0.15, 0.2) is 9.84 Å². The van der Waals surface area contributed by atoms with Crippen LogP contribution in [0.4, 0.5) is 13.2 Å². The SMILES string of the molecule is CO[C@H]1C[C@@H](S(=O)(=O)c2ccc(-c3cnn(CC(N)=O)c3)cc2C(F)(F)F)C[C@@H]1C(=O)O. The number of ether oxygens (including phenoxy) is 1. The van der Waals surface area contributed by atoms with E-state index in [-0.39, 0.29) is 30.5 Å². The molecule has 0 unspecified atom stereocenters. The lowest BCUT2D eigenvalue weighted by atomic mass is 10.1. The topological polar surface area (TPSA) is 142 Å². The molecule has 2 aromatic rings. The predicted octanol–water partition coefficient (Wildman–Crippen LogP) is 1.71. The minimum atomic E-state index is -4.99. The summed E-state index contributed by atoms with van der Waals surface area (Å²) >= 11 is 0. The monoisotopic (exact) mass is 475 g/mol. The number of methoxy groups -OCH3 is 1. The number of nitrogens with zero attached hydrogens (tertiary/aromatic N) is 2. The molecule has 1 aliphatic rings. The first-order valence-corrected chi connectivity index (χ1v) is 10.9. The molecular weight excluding hydrogens is 455 g/mol. The number of hydrogen-bond donors (Lipinski definition) is 2. The Morgan fingerprint density at radius 2 is 1.97 bits per heavy atom. The van der Waals surface area contributed by atoms with Crippen LogP contribution in [0.25, 0.3) is 11.1 Å². The predicted molar refractivity (Wildman–Crippen MR) is 104 cm³/mol. The van der Waals surface area contributed by atoms with Crippen molar-refractivity contribution in [2.45, 2.75) is 41.8 Å². The van der Waals surface area contributed by atoms with E-state index in [1.807, 2.05) is 0 Å². The van der Waals surface area contributed by atoms with Crippen LogP contribution < -0.4 is 5.73 Å². The Balaban J connectivity index is 2.02. The van der Waals surface area contributed by atoms with E-state index in [9.17, 15) is 36.3 Å². The summed E-state index contributed by atoms with van der Waals surface area (Å²) < 4.78 is 73.8. The summed E-state index contributed by atoms with van der Waals surface area (Å²) in [6, 6.07) is 2.75. The molecule has 3 N–H and O–H groups in total. The number of carboxylic acid groups (broad SMARTS) is 1. The van der Waals surface area contributed by atoms with Crippen molar-refractivity contribution in [1.82, 2.24) is 9.78 Å². The number of aliphatic carboxylic acids is 1. The highest BCUT2D eigenvalue weighted by Gasteiger charge is 2.47. The molecule has 1 aliphatic carbocycles. The minimum absolute atomic E-state index is 0.0385. The van der Waals surface area contributed by atoms with Gasteiger partial charge in [-0.15, -0.1) is 0 Å². The molecule has 0 radical (unpaired) electrons.